The molecule has 0 aliphatic rings. The zero-order chi connectivity index (χ0) is 17.5. The van der Waals surface area contributed by atoms with Crippen LogP contribution in [0.5, 0.6) is 0 Å². The number of alkyl halides is 3. The zero-order valence-corrected chi connectivity index (χ0v) is 13.3. The third kappa shape index (κ3) is 3.18. The number of nitrogens with zero attached hydrogens (tertiary/aromatic N) is 1. The van der Waals surface area contributed by atoms with Crippen molar-refractivity contribution in [2.75, 3.05) is 11.1 Å². The van der Waals surface area contributed by atoms with Gasteiger partial charge in [0.05, 0.1) is 15.8 Å². The number of rotatable bonds is 2. The van der Waals surface area contributed by atoms with E-state index in [-0.39, 0.29) is 17.2 Å². The van der Waals surface area contributed by atoms with Crippen molar-refractivity contribution < 1.29 is 18.0 Å². The minimum absolute atomic E-state index is 0.0491. The maximum Gasteiger partial charge on any atom is 0.417 e. The third-order valence-electron chi connectivity index (χ3n) is 3.33. The average Bonchev–Trinajstić information content (AvgIpc) is 2.86. The van der Waals surface area contributed by atoms with Crippen molar-refractivity contribution in [1.29, 1.82) is 0 Å². The third-order valence-corrected chi connectivity index (χ3v) is 4.27. The van der Waals surface area contributed by atoms with Gasteiger partial charge in [-0.05, 0) is 35.4 Å². The molecule has 0 saturated heterocycles. The van der Waals surface area contributed by atoms with E-state index in [2.05, 4.69) is 10.3 Å². The monoisotopic (exact) mass is 351 g/mol. The predicted octanol–water partition coefficient (Wildman–Crippen LogP) is 4.52. The second-order valence-corrected chi connectivity index (χ2v) is 6.22. The molecule has 1 heterocycles. The van der Waals surface area contributed by atoms with Gasteiger partial charge < -0.3 is 11.1 Å². The van der Waals surface area contributed by atoms with Crippen LogP contribution >= 0.6 is 11.3 Å². The van der Waals surface area contributed by atoms with Gasteiger partial charge in [-0.1, -0.05) is 23.5 Å². The van der Waals surface area contributed by atoms with Crippen LogP contribution in [0.2, 0.25) is 0 Å². The fourth-order valence-electron chi connectivity index (χ4n) is 2.34. The number of halogens is 3. The van der Waals surface area contributed by atoms with E-state index in [1.165, 1.54) is 30.4 Å². The first-order chi connectivity index (χ1) is 11.2. The predicted molar refractivity (Wildman–Crippen MR) is 88.8 cm³/mol. The summed E-state index contributed by atoms with van der Waals surface area (Å²) in [6, 6.07) is 8.54. The van der Waals surface area contributed by atoms with Crippen molar-refractivity contribution in [2.24, 2.45) is 0 Å². The van der Waals surface area contributed by atoms with Gasteiger partial charge in [-0.3, -0.25) is 4.79 Å². The van der Waals surface area contributed by atoms with Crippen molar-refractivity contribution in [3.63, 3.8) is 0 Å². The molecule has 3 rings (SSSR count). The number of hydrogen-bond donors (Lipinski definition) is 2. The number of aromatic nitrogens is 1. The summed E-state index contributed by atoms with van der Waals surface area (Å²) in [5.74, 6) is -0.257. The minimum atomic E-state index is -4.51. The first kappa shape index (κ1) is 16.3. The second-order valence-electron chi connectivity index (χ2n) is 5.19. The van der Waals surface area contributed by atoms with Gasteiger partial charge in [0.2, 0.25) is 5.91 Å². The lowest BCUT2D eigenvalue weighted by Gasteiger charge is -2.13. The number of carbonyl (C=O) groups is 1. The smallest absolute Gasteiger partial charge is 0.399 e. The van der Waals surface area contributed by atoms with Gasteiger partial charge in [-0.15, -0.1) is 0 Å². The fraction of sp³-hybridized carbons (Fsp3) is 0.125. The maximum atomic E-state index is 13.3. The van der Waals surface area contributed by atoms with Gasteiger partial charge in [0.1, 0.15) is 0 Å². The number of fused-ring (bicyclic) bond motifs is 1. The van der Waals surface area contributed by atoms with Crippen LogP contribution in [0.15, 0.2) is 36.4 Å². The van der Waals surface area contributed by atoms with Crippen LogP contribution in [0.3, 0.4) is 0 Å². The molecule has 0 fully saturated rings. The fourth-order valence-corrected chi connectivity index (χ4v) is 3.30. The van der Waals surface area contributed by atoms with Crippen molar-refractivity contribution in [2.45, 2.75) is 13.1 Å². The molecule has 2 aromatic carbocycles. The van der Waals surface area contributed by atoms with E-state index >= 15 is 0 Å². The lowest BCUT2D eigenvalue weighted by atomic mass is 9.98. The molecule has 24 heavy (non-hydrogen) atoms. The second kappa shape index (κ2) is 5.79. The molecular weight excluding hydrogens is 339 g/mol. The van der Waals surface area contributed by atoms with E-state index in [1.54, 1.807) is 18.2 Å². The van der Waals surface area contributed by atoms with Crippen molar-refractivity contribution in [1.82, 2.24) is 4.98 Å². The van der Waals surface area contributed by atoms with Crippen LogP contribution in [0, 0.1) is 0 Å². The van der Waals surface area contributed by atoms with E-state index < -0.39 is 11.7 Å². The highest BCUT2D eigenvalue weighted by Gasteiger charge is 2.33. The number of carbonyl (C=O) groups excluding carboxylic acids is 1. The molecule has 0 unspecified atom stereocenters. The number of nitrogens with one attached hydrogen (secondary N) is 1. The number of thiazole rings is 1. The van der Waals surface area contributed by atoms with Crippen LogP contribution in [0.4, 0.5) is 24.0 Å². The van der Waals surface area contributed by atoms with E-state index in [0.29, 0.717) is 20.9 Å². The summed E-state index contributed by atoms with van der Waals surface area (Å²) < 4.78 is 40.5. The Morgan fingerprint density at radius 1 is 1.21 bits per heavy atom. The van der Waals surface area contributed by atoms with Crippen molar-refractivity contribution in [3.05, 3.63) is 42.0 Å². The number of amides is 1. The molecule has 1 aromatic heterocycles. The van der Waals surface area contributed by atoms with Gasteiger partial charge in [-0.25, -0.2) is 4.98 Å². The highest BCUT2D eigenvalue weighted by Crippen LogP contribution is 2.39. The highest BCUT2D eigenvalue weighted by molar-refractivity contribution is 7.22. The largest absolute Gasteiger partial charge is 0.417 e. The SMILES string of the molecule is CC(=O)Nc1nc2ccc(-c3ccc(N)cc3C(F)(F)F)cc2s1. The summed E-state index contributed by atoms with van der Waals surface area (Å²) in [4.78, 5) is 15.3. The van der Waals surface area contributed by atoms with Crippen LogP contribution in [0.1, 0.15) is 12.5 Å². The molecule has 0 saturated carbocycles. The highest BCUT2D eigenvalue weighted by atomic mass is 32.1. The maximum absolute atomic E-state index is 13.3. The first-order valence-corrected chi connectivity index (χ1v) is 7.71. The van der Waals surface area contributed by atoms with Gasteiger partial charge in [0, 0.05) is 12.6 Å². The molecule has 4 nitrogen and oxygen atoms in total. The normalized spacial score (nSPS) is 11.7. The Labute approximate surface area is 139 Å². The van der Waals surface area contributed by atoms with E-state index in [9.17, 15) is 18.0 Å². The molecule has 3 aromatic rings. The number of nitrogens with two attached hydrogens (primary N) is 1. The van der Waals surface area contributed by atoms with Gasteiger partial charge in [-0.2, -0.15) is 13.2 Å². The van der Waals surface area contributed by atoms with Crippen LogP contribution < -0.4 is 11.1 Å². The lowest BCUT2D eigenvalue weighted by molar-refractivity contribution is -0.137. The van der Waals surface area contributed by atoms with Gasteiger partial charge >= 0.3 is 6.18 Å². The first-order valence-electron chi connectivity index (χ1n) is 6.89. The summed E-state index contributed by atoms with van der Waals surface area (Å²) >= 11 is 1.20. The molecule has 0 aliphatic heterocycles. The molecule has 3 N–H and O–H groups in total. The minimum Gasteiger partial charge on any atom is -0.399 e. The van der Waals surface area contributed by atoms with E-state index in [4.69, 9.17) is 5.73 Å². The molecule has 1 amide bonds. The van der Waals surface area contributed by atoms with Gasteiger partial charge in [0.25, 0.3) is 0 Å². The van der Waals surface area contributed by atoms with Crippen molar-refractivity contribution in [3.8, 4) is 11.1 Å². The summed E-state index contributed by atoms with van der Waals surface area (Å²) in [7, 11) is 0. The molecule has 0 atom stereocenters. The van der Waals surface area contributed by atoms with E-state index in [0.717, 1.165) is 6.07 Å². The molecule has 124 valence electrons. The quantitative estimate of drug-likeness (QED) is 0.667. The Morgan fingerprint density at radius 3 is 2.62 bits per heavy atom. The Hall–Kier alpha value is -2.61. The average molecular weight is 351 g/mol. The summed E-state index contributed by atoms with van der Waals surface area (Å²) in [5, 5.41) is 2.97. The number of hydrogen-bond acceptors (Lipinski definition) is 4. The Kier molecular flexibility index (Phi) is 3.92. The van der Waals surface area contributed by atoms with Crippen LogP contribution in [0.25, 0.3) is 21.3 Å². The topological polar surface area (TPSA) is 68.0 Å². The van der Waals surface area contributed by atoms with E-state index in [1.807, 2.05) is 0 Å². The van der Waals surface area contributed by atoms with Gasteiger partial charge in [0.15, 0.2) is 5.13 Å². The summed E-state index contributed by atoms with van der Waals surface area (Å²) in [6.07, 6.45) is -4.51. The summed E-state index contributed by atoms with van der Waals surface area (Å²) in [6.45, 7) is 1.36. The molecule has 0 spiro atoms. The number of benzene rings is 2. The Morgan fingerprint density at radius 2 is 1.96 bits per heavy atom. The molecule has 8 heteroatoms. The summed E-state index contributed by atoms with van der Waals surface area (Å²) in [5.41, 5.74) is 5.83. The molecule has 0 radical (unpaired) electrons. The molecule has 0 aliphatic carbocycles. The Balaban J connectivity index is 2.11. The standard InChI is InChI=1S/C16H12F3N3OS/c1-8(23)21-15-22-13-5-2-9(6-14(13)24-15)11-4-3-10(20)7-12(11)16(17,18)19/h2-7H,20H2,1H3,(H,21,22,23). The number of anilines is 2. The van der Waals surface area contributed by atoms with Crippen LogP contribution in [-0.2, 0) is 11.0 Å². The Bertz CT molecular complexity index is 934. The van der Waals surface area contributed by atoms with Crippen molar-refractivity contribution >= 4 is 38.3 Å². The molecule has 0 bridgehead atoms. The molecular formula is C16H12F3N3OS. The lowest BCUT2D eigenvalue weighted by Crippen LogP contribution is -2.08. The zero-order valence-electron chi connectivity index (χ0n) is 12.4. The van der Waals surface area contributed by atoms with Crippen LogP contribution in [-0.4, -0.2) is 10.9 Å². The number of nitrogen functional groups attached to an aromatic ring is 1.